The highest BCUT2D eigenvalue weighted by atomic mass is 35.5. The number of rotatable bonds is 3. The molecule has 0 unspecified atom stereocenters. The molecule has 0 bridgehead atoms. The van der Waals surface area contributed by atoms with Crippen LogP contribution in [0, 0.1) is 0 Å². The van der Waals surface area contributed by atoms with Crippen LogP contribution >= 0.6 is 11.6 Å². The maximum atomic E-state index is 12.1. The minimum absolute atomic E-state index is 0.0142. The first-order chi connectivity index (χ1) is 7.70. The molecule has 0 radical (unpaired) electrons. The number of carbonyl (C=O) groups is 1. The molecule has 0 aromatic heterocycles. The van der Waals surface area contributed by atoms with Crippen LogP contribution in [0.3, 0.4) is 0 Å². The number of halogens is 1. The molecule has 1 aromatic rings. The van der Waals surface area contributed by atoms with Crippen LogP contribution in [0.2, 0.25) is 5.02 Å². The largest absolute Gasteiger partial charge is 0.506 e. The van der Waals surface area contributed by atoms with Gasteiger partial charge in [0.25, 0.3) is 0 Å². The zero-order valence-corrected chi connectivity index (χ0v) is 11.3. The van der Waals surface area contributed by atoms with Gasteiger partial charge in [-0.25, -0.2) is 0 Å². The van der Waals surface area contributed by atoms with Gasteiger partial charge in [0.15, 0.2) is 5.78 Å². The molecular weight excluding hydrogens is 238 g/mol. The molecule has 1 atom stereocenters. The monoisotopic (exact) mass is 255 g/mol. The number of nitrogens with one attached hydrogen (secondary N) is 1. The molecule has 0 fully saturated rings. The Kier molecular flexibility index (Phi) is 4.17. The highest BCUT2D eigenvalue weighted by Gasteiger charge is 2.21. The van der Waals surface area contributed by atoms with Crippen molar-refractivity contribution in [1.29, 1.82) is 0 Å². The minimum atomic E-state index is -0.296. The van der Waals surface area contributed by atoms with Crippen LogP contribution in [0.25, 0.3) is 0 Å². The number of hydrogen-bond donors (Lipinski definition) is 2. The number of carbonyl (C=O) groups excluding carboxylic acids is 1. The van der Waals surface area contributed by atoms with Crippen molar-refractivity contribution in [2.75, 3.05) is 0 Å². The molecule has 2 N–H and O–H groups in total. The first-order valence-corrected chi connectivity index (χ1v) is 5.89. The highest BCUT2D eigenvalue weighted by Crippen LogP contribution is 2.24. The fraction of sp³-hybridized carbons (Fsp3) is 0.462. The van der Waals surface area contributed by atoms with Crippen molar-refractivity contribution in [3.05, 3.63) is 28.8 Å². The smallest absolute Gasteiger partial charge is 0.179 e. The number of benzene rings is 1. The predicted octanol–water partition coefficient (Wildman–Crippen LogP) is 3.00. The third-order valence-electron chi connectivity index (χ3n) is 2.28. The summed E-state index contributed by atoms with van der Waals surface area (Å²) < 4.78 is 0. The number of phenols is 1. The summed E-state index contributed by atoms with van der Waals surface area (Å²) in [6, 6.07) is 4.19. The van der Waals surface area contributed by atoms with Crippen LogP contribution in [-0.4, -0.2) is 22.5 Å². The van der Waals surface area contributed by atoms with E-state index >= 15 is 0 Å². The zero-order valence-electron chi connectivity index (χ0n) is 10.5. The van der Waals surface area contributed by atoms with Gasteiger partial charge in [-0.05, 0) is 45.9 Å². The van der Waals surface area contributed by atoms with E-state index < -0.39 is 0 Å². The topological polar surface area (TPSA) is 49.3 Å². The van der Waals surface area contributed by atoms with E-state index in [1.165, 1.54) is 12.1 Å². The third kappa shape index (κ3) is 4.02. The van der Waals surface area contributed by atoms with Crippen molar-refractivity contribution in [2.24, 2.45) is 0 Å². The Hall–Kier alpha value is -1.06. The molecule has 0 spiro atoms. The number of hydrogen-bond acceptors (Lipinski definition) is 3. The normalized spacial score (nSPS) is 13.5. The number of aromatic hydroxyl groups is 1. The molecular formula is C13H18ClNO2. The first-order valence-electron chi connectivity index (χ1n) is 5.51. The quantitative estimate of drug-likeness (QED) is 0.817. The van der Waals surface area contributed by atoms with Gasteiger partial charge in [-0.2, -0.15) is 0 Å². The van der Waals surface area contributed by atoms with E-state index in [2.05, 4.69) is 5.32 Å². The van der Waals surface area contributed by atoms with Crippen molar-refractivity contribution in [3.63, 3.8) is 0 Å². The van der Waals surface area contributed by atoms with Crippen molar-refractivity contribution in [3.8, 4) is 5.75 Å². The minimum Gasteiger partial charge on any atom is -0.506 e. The van der Waals surface area contributed by atoms with Gasteiger partial charge in [-0.1, -0.05) is 11.6 Å². The van der Waals surface area contributed by atoms with E-state index in [1.54, 1.807) is 6.07 Å². The second-order valence-corrected chi connectivity index (χ2v) is 5.55. The van der Waals surface area contributed by atoms with Crippen LogP contribution in [0.15, 0.2) is 18.2 Å². The van der Waals surface area contributed by atoms with Gasteiger partial charge in [0.1, 0.15) is 5.75 Å². The highest BCUT2D eigenvalue weighted by molar-refractivity contribution is 6.32. The third-order valence-corrected chi connectivity index (χ3v) is 2.58. The van der Waals surface area contributed by atoms with E-state index in [1.807, 2.05) is 27.7 Å². The SMILES string of the molecule is C[C@@H](NC(C)(C)C)C(=O)c1ccc(O)c(Cl)c1. The standard InChI is InChI=1S/C13H18ClNO2/c1-8(15-13(2,3)4)12(17)9-5-6-11(16)10(14)7-9/h5-8,15-16H,1-4H3/t8-/m1/s1. The van der Waals surface area contributed by atoms with Crippen molar-refractivity contribution < 1.29 is 9.90 Å². The summed E-state index contributed by atoms with van der Waals surface area (Å²) in [6.07, 6.45) is 0. The van der Waals surface area contributed by atoms with E-state index in [0.29, 0.717) is 5.56 Å². The molecule has 3 nitrogen and oxygen atoms in total. The van der Waals surface area contributed by atoms with E-state index in [0.717, 1.165) is 0 Å². The van der Waals surface area contributed by atoms with Gasteiger partial charge in [0, 0.05) is 11.1 Å². The van der Waals surface area contributed by atoms with Gasteiger partial charge in [0.2, 0.25) is 0 Å². The molecule has 0 aliphatic heterocycles. The van der Waals surface area contributed by atoms with Crippen molar-refractivity contribution >= 4 is 17.4 Å². The Labute approximate surface area is 107 Å². The average Bonchev–Trinajstić information content (AvgIpc) is 2.18. The van der Waals surface area contributed by atoms with Crippen molar-refractivity contribution in [1.82, 2.24) is 5.32 Å². The molecule has 0 heterocycles. The summed E-state index contributed by atoms with van der Waals surface area (Å²) in [5.41, 5.74) is 0.368. The molecule has 1 aromatic carbocycles. The Bertz CT molecular complexity index is 424. The summed E-state index contributed by atoms with van der Waals surface area (Å²) in [5, 5.41) is 12.7. The number of phenolic OH excluding ortho intramolecular Hbond substituents is 1. The van der Waals surface area contributed by atoms with Gasteiger partial charge < -0.3 is 10.4 Å². The second kappa shape index (κ2) is 5.07. The molecule has 0 aliphatic carbocycles. The average molecular weight is 256 g/mol. The van der Waals surface area contributed by atoms with Gasteiger partial charge in [-0.15, -0.1) is 0 Å². The molecule has 0 amide bonds. The summed E-state index contributed by atoms with van der Waals surface area (Å²) in [6.45, 7) is 7.82. The summed E-state index contributed by atoms with van der Waals surface area (Å²) in [4.78, 5) is 12.1. The predicted molar refractivity (Wildman–Crippen MR) is 69.8 cm³/mol. The fourth-order valence-electron chi connectivity index (χ4n) is 1.63. The molecule has 94 valence electrons. The molecule has 0 saturated heterocycles. The lowest BCUT2D eigenvalue weighted by Crippen LogP contribution is -2.46. The second-order valence-electron chi connectivity index (χ2n) is 5.15. The lowest BCUT2D eigenvalue weighted by molar-refractivity contribution is 0.0936. The van der Waals surface area contributed by atoms with E-state index in [-0.39, 0.29) is 28.1 Å². The molecule has 0 saturated carbocycles. The van der Waals surface area contributed by atoms with Gasteiger partial charge in [0.05, 0.1) is 11.1 Å². The molecule has 17 heavy (non-hydrogen) atoms. The van der Waals surface area contributed by atoms with Crippen LogP contribution in [-0.2, 0) is 0 Å². The Morgan fingerprint density at radius 2 is 2.00 bits per heavy atom. The molecule has 1 rings (SSSR count). The molecule has 0 aliphatic rings. The zero-order chi connectivity index (χ0) is 13.2. The van der Waals surface area contributed by atoms with Crippen LogP contribution < -0.4 is 5.32 Å². The van der Waals surface area contributed by atoms with Gasteiger partial charge >= 0.3 is 0 Å². The Balaban J connectivity index is 2.85. The summed E-state index contributed by atoms with van der Waals surface area (Å²) >= 11 is 5.77. The van der Waals surface area contributed by atoms with Gasteiger partial charge in [-0.3, -0.25) is 4.79 Å². The van der Waals surface area contributed by atoms with Crippen LogP contribution in [0.4, 0.5) is 0 Å². The fourth-order valence-corrected chi connectivity index (χ4v) is 1.81. The maximum absolute atomic E-state index is 12.1. The van der Waals surface area contributed by atoms with Crippen LogP contribution in [0.1, 0.15) is 38.1 Å². The van der Waals surface area contributed by atoms with Crippen LogP contribution in [0.5, 0.6) is 5.75 Å². The lowest BCUT2D eigenvalue weighted by Gasteiger charge is -2.25. The molecule has 4 heteroatoms. The maximum Gasteiger partial charge on any atom is 0.179 e. The Morgan fingerprint density at radius 1 is 1.41 bits per heavy atom. The Morgan fingerprint density at radius 3 is 2.47 bits per heavy atom. The summed E-state index contributed by atoms with van der Waals surface area (Å²) in [5.74, 6) is -0.0542. The summed E-state index contributed by atoms with van der Waals surface area (Å²) in [7, 11) is 0. The van der Waals surface area contributed by atoms with Crippen molar-refractivity contribution in [2.45, 2.75) is 39.3 Å². The van der Waals surface area contributed by atoms with E-state index in [4.69, 9.17) is 11.6 Å². The number of Topliss-reactive ketones (excluding diaryl/α,β-unsaturated/α-hetero) is 1. The lowest BCUT2D eigenvalue weighted by atomic mass is 10.0. The first kappa shape index (κ1) is 14.0. The number of ketones is 1. The van der Waals surface area contributed by atoms with E-state index in [9.17, 15) is 9.90 Å².